The van der Waals surface area contributed by atoms with E-state index in [1.165, 1.54) is 49.4 Å². The van der Waals surface area contributed by atoms with E-state index in [9.17, 15) is 22.4 Å². The molecule has 0 aliphatic carbocycles. The van der Waals surface area contributed by atoms with Crippen LogP contribution in [-0.2, 0) is 14.8 Å². The molecule has 2 aromatic rings. The zero-order chi connectivity index (χ0) is 19.5. The highest BCUT2D eigenvalue weighted by Gasteiger charge is 2.29. The van der Waals surface area contributed by atoms with Gasteiger partial charge in [-0.05, 0) is 43.3 Å². The fraction of sp³-hybridized carbons (Fsp3) is 0.176. The van der Waals surface area contributed by atoms with Crippen molar-refractivity contribution in [3.8, 4) is 0 Å². The number of amides is 2. The molecule has 0 aliphatic rings. The standard InChI is InChI=1S/C17H18FN3O4S/c1-11(17(23)20-14-7-3-5-12(9-14)16(19)22)21(26(2,24)25)15-8-4-6-13(18)10-15/h3-11H,1-2H3,(H2,19,22)(H,20,23). The number of nitrogens with two attached hydrogens (primary N) is 1. The van der Waals surface area contributed by atoms with E-state index in [1.54, 1.807) is 0 Å². The van der Waals surface area contributed by atoms with Crippen LogP contribution in [0.2, 0.25) is 0 Å². The number of nitrogens with one attached hydrogen (secondary N) is 1. The molecule has 2 aromatic carbocycles. The van der Waals surface area contributed by atoms with Crippen molar-refractivity contribution in [3.05, 3.63) is 59.9 Å². The number of carbonyl (C=O) groups is 2. The van der Waals surface area contributed by atoms with Gasteiger partial charge in [-0.15, -0.1) is 0 Å². The summed E-state index contributed by atoms with van der Waals surface area (Å²) in [6.45, 7) is 1.37. The van der Waals surface area contributed by atoms with Gasteiger partial charge in [-0.2, -0.15) is 0 Å². The monoisotopic (exact) mass is 379 g/mol. The maximum absolute atomic E-state index is 13.5. The second-order valence-corrected chi connectivity index (χ2v) is 7.51. The van der Waals surface area contributed by atoms with Crippen LogP contribution in [0.1, 0.15) is 17.3 Å². The molecule has 3 N–H and O–H groups in total. The van der Waals surface area contributed by atoms with Gasteiger partial charge in [0.15, 0.2) is 0 Å². The molecular formula is C17H18FN3O4S. The molecule has 7 nitrogen and oxygen atoms in total. The molecule has 0 heterocycles. The first-order valence-electron chi connectivity index (χ1n) is 7.55. The maximum Gasteiger partial charge on any atom is 0.248 e. The van der Waals surface area contributed by atoms with Crippen LogP contribution in [0.4, 0.5) is 15.8 Å². The number of primary amides is 1. The zero-order valence-electron chi connectivity index (χ0n) is 14.1. The van der Waals surface area contributed by atoms with E-state index in [0.717, 1.165) is 16.6 Å². The van der Waals surface area contributed by atoms with Crippen molar-refractivity contribution in [1.82, 2.24) is 0 Å². The molecule has 0 saturated heterocycles. The van der Waals surface area contributed by atoms with Gasteiger partial charge >= 0.3 is 0 Å². The number of nitrogens with zero attached hydrogens (tertiary/aromatic N) is 1. The maximum atomic E-state index is 13.5. The van der Waals surface area contributed by atoms with E-state index in [0.29, 0.717) is 0 Å². The Balaban J connectivity index is 2.31. The lowest BCUT2D eigenvalue weighted by atomic mass is 10.2. The van der Waals surface area contributed by atoms with Crippen molar-refractivity contribution in [2.45, 2.75) is 13.0 Å². The Labute approximate surface area is 150 Å². The average molecular weight is 379 g/mol. The number of halogens is 1. The predicted molar refractivity (Wildman–Crippen MR) is 96.8 cm³/mol. The summed E-state index contributed by atoms with van der Waals surface area (Å²) in [5.41, 5.74) is 5.70. The fourth-order valence-electron chi connectivity index (χ4n) is 2.42. The topological polar surface area (TPSA) is 110 Å². The molecule has 1 unspecified atom stereocenters. The first-order valence-corrected chi connectivity index (χ1v) is 9.40. The first kappa shape index (κ1) is 19.4. The second-order valence-electron chi connectivity index (χ2n) is 5.65. The number of rotatable bonds is 6. The van der Waals surface area contributed by atoms with E-state index in [-0.39, 0.29) is 16.9 Å². The number of hydrogen-bond acceptors (Lipinski definition) is 4. The molecule has 0 saturated carbocycles. The highest BCUT2D eigenvalue weighted by molar-refractivity contribution is 7.92. The van der Waals surface area contributed by atoms with Crippen LogP contribution in [0, 0.1) is 5.82 Å². The van der Waals surface area contributed by atoms with Crippen LogP contribution in [0.25, 0.3) is 0 Å². The summed E-state index contributed by atoms with van der Waals surface area (Å²) in [7, 11) is -3.86. The Morgan fingerprint density at radius 2 is 1.81 bits per heavy atom. The molecule has 0 spiro atoms. The molecule has 0 aliphatic heterocycles. The number of anilines is 2. The van der Waals surface area contributed by atoms with Crippen LogP contribution < -0.4 is 15.4 Å². The molecule has 2 amide bonds. The smallest absolute Gasteiger partial charge is 0.248 e. The molecule has 9 heteroatoms. The van der Waals surface area contributed by atoms with Crippen LogP contribution in [0.5, 0.6) is 0 Å². The summed E-state index contributed by atoms with van der Waals surface area (Å²) in [6, 6.07) is 9.69. The normalized spacial score (nSPS) is 12.3. The summed E-state index contributed by atoms with van der Waals surface area (Å²) in [6.07, 6.45) is 0.926. The minimum atomic E-state index is -3.86. The van der Waals surface area contributed by atoms with Gasteiger partial charge in [0.1, 0.15) is 11.9 Å². The van der Waals surface area contributed by atoms with Gasteiger partial charge in [-0.25, -0.2) is 12.8 Å². The first-order chi connectivity index (χ1) is 12.1. The Morgan fingerprint density at radius 3 is 2.38 bits per heavy atom. The van der Waals surface area contributed by atoms with Gasteiger partial charge in [0.05, 0.1) is 11.9 Å². The summed E-state index contributed by atoms with van der Waals surface area (Å²) in [5.74, 6) is -1.94. The third kappa shape index (κ3) is 4.57. The highest BCUT2D eigenvalue weighted by atomic mass is 32.2. The average Bonchev–Trinajstić information content (AvgIpc) is 2.53. The Hall–Kier alpha value is -2.94. The molecule has 0 bridgehead atoms. The second kappa shape index (κ2) is 7.52. The lowest BCUT2D eigenvalue weighted by Gasteiger charge is -2.28. The molecule has 26 heavy (non-hydrogen) atoms. The van der Waals surface area contributed by atoms with E-state index < -0.39 is 33.7 Å². The number of benzene rings is 2. The quantitative estimate of drug-likeness (QED) is 0.796. The van der Waals surface area contributed by atoms with Crippen LogP contribution in [-0.4, -0.2) is 32.5 Å². The third-order valence-corrected chi connectivity index (χ3v) is 4.81. The fourth-order valence-corrected chi connectivity index (χ4v) is 3.59. The van der Waals surface area contributed by atoms with Gasteiger partial charge in [0.25, 0.3) is 0 Å². The Bertz CT molecular complexity index is 947. The van der Waals surface area contributed by atoms with Gasteiger partial charge in [-0.1, -0.05) is 12.1 Å². The molecule has 1 atom stereocenters. The van der Waals surface area contributed by atoms with Gasteiger partial charge in [-0.3, -0.25) is 13.9 Å². The van der Waals surface area contributed by atoms with Crippen LogP contribution >= 0.6 is 0 Å². The SMILES string of the molecule is CC(C(=O)Nc1cccc(C(N)=O)c1)N(c1cccc(F)c1)S(C)(=O)=O. The predicted octanol–water partition coefficient (Wildman–Crippen LogP) is 1.72. The van der Waals surface area contributed by atoms with Crippen LogP contribution in [0.15, 0.2) is 48.5 Å². The van der Waals surface area contributed by atoms with Gasteiger partial charge in [0, 0.05) is 11.3 Å². The number of carbonyl (C=O) groups excluding carboxylic acids is 2. The summed E-state index contributed by atoms with van der Waals surface area (Å²) in [5, 5.41) is 2.53. The van der Waals surface area contributed by atoms with Crippen molar-refractivity contribution in [3.63, 3.8) is 0 Å². The number of sulfonamides is 1. The third-order valence-electron chi connectivity index (χ3n) is 3.57. The Kier molecular flexibility index (Phi) is 5.61. The molecule has 2 rings (SSSR count). The minimum absolute atomic E-state index is 0.0287. The van der Waals surface area contributed by atoms with Gasteiger partial charge in [0.2, 0.25) is 21.8 Å². The van der Waals surface area contributed by atoms with Crippen molar-refractivity contribution < 1.29 is 22.4 Å². The summed E-state index contributed by atoms with van der Waals surface area (Å²) >= 11 is 0. The largest absolute Gasteiger partial charge is 0.366 e. The minimum Gasteiger partial charge on any atom is -0.366 e. The Morgan fingerprint density at radius 1 is 1.15 bits per heavy atom. The van der Waals surface area contributed by atoms with E-state index >= 15 is 0 Å². The van der Waals surface area contributed by atoms with E-state index in [1.807, 2.05) is 0 Å². The number of hydrogen-bond donors (Lipinski definition) is 2. The van der Waals surface area contributed by atoms with Gasteiger partial charge < -0.3 is 11.1 Å². The highest BCUT2D eigenvalue weighted by Crippen LogP contribution is 2.22. The lowest BCUT2D eigenvalue weighted by Crippen LogP contribution is -2.45. The molecule has 0 radical (unpaired) electrons. The summed E-state index contributed by atoms with van der Waals surface area (Å²) in [4.78, 5) is 23.7. The molecule has 138 valence electrons. The van der Waals surface area contributed by atoms with Crippen molar-refractivity contribution in [2.24, 2.45) is 5.73 Å². The van der Waals surface area contributed by atoms with E-state index in [4.69, 9.17) is 5.73 Å². The van der Waals surface area contributed by atoms with Crippen molar-refractivity contribution in [2.75, 3.05) is 15.9 Å². The van der Waals surface area contributed by atoms with E-state index in [2.05, 4.69) is 5.32 Å². The molecule has 0 aromatic heterocycles. The van der Waals surface area contributed by atoms with Crippen molar-refractivity contribution in [1.29, 1.82) is 0 Å². The van der Waals surface area contributed by atoms with Crippen LogP contribution in [0.3, 0.4) is 0 Å². The van der Waals surface area contributed by atoms with Crippen molar-refractivity contribution >= 4 is 33.2 Å². The molecule has 0 fully saturated rings. The molecular weight excluding hydrogens is 361 g/mol. The summed E-state index contributed by atoms with van der Waals surface area (Å²) < 4.78 is 38.6. The zero-order valence-corrected chi connectivity index (χ0v) is 15.0. The lowest BCUT2D eigenvalue weighted by molar-refractivity contribution is -0.116.